The van der Waals surface area contributed by atoms with Crippen LogP contribution in [0, 0.1) is 11.3 Å². The fraction of sp³-hybridized carbons (Fsp3) is 0.429. The van der Waals surface area contributed by atoms with Gasteiger partial charge in [-0.2, -0.15) is 10.4 Å². The number of benzene rings is 1. The summed E-state index contributed by atoms with van der Waals surface area (Å²) in [5.74, 6) is 0. The molecule has 17 heavy (non-hydrogen) atoms. The van der Waals surface area contributed by atoms with E-state index < -0.39 is 0 Å². The van der Waals surface area contributed by atoms with Crippen molar-refractivity contribution in [3.8, 4) is 6.07 Å². The van der Waals surface area contributed by atoms with Crippen LogP contribution in [-0.4, -0.2) is 6.21 Å². The Hall–Kier alpha value is -1.82. The molecule has 3 heteroatoms. The first kappa shape index (κ1) is 13.2. The van der Waals surface area contributed by atoms with Gasteiger partial charge in [0.25, 0.3) is 0 Å². The van der Waals surface area contributed by atoms with Crippen LogP contribution in [0.2, 0.25) is 0 Å². The molecule has 1 N–H and O–H groups in total. The molecule has 90 valence electrons. The molecular formula is C14H19N3. The minimum atomic E-state index is 0.666. The van der Waals surface area contributed by atoms with Gasteiger partial charge in [-0.25, -0.2) is 0 Å². The summed E-state index contributed by atoms with van der Waals surface area (Å²) >= 11 is 0. The second kappa shape index (κ2) is 8.35. The molecule has 0 aliphatic heterocycles. The third-order valence-corrected chi connectivity index (χ3v) is 2.49. The maximum atomic E-state index is 8.65. The highest BCUT2D eigenvalue weighted by atomic mass is 15.3. The van der Waals surface area contributed by atoms with Crippen molar-refractivity contribution in [3.63, 3.8) is 0 Å². The van der Waals surface area contributed by atoms with Gasteiger partial charge < -0.3 is 0 Å². The lowest BCUT2D eigenvalue weighted by molar-refractivity contribution is 0.685. The Morgan fingerprint density at radius 1 is 1.24 bits per heavy atom. The molecule has 0 unspecified atom stereocenters. The molecule has 3 nitrogen and oxygen atoms in total. The van der Waals surface area contributed by atoms with Gasteiger partial charge in [0.2, 0.25) is 0 Å². The molecule has 1 rings (SSSR count). The molecule has 0 radical (unpaired) electrons. The predicted octanol–water partition coefficient (Wildman–Crippen LogP) is 3.93. The molecule has 0 saturated carbocycles. The van der Waals surface area contributed by atoms with Crippen LogP contribution >= 0.6 is 0 Å². The van der Waals surface area contributed by atoms with Gasteiger partial charge in [0, 0.05) is 6.21 Å². The van der Waals surface area contributed by atoms with E-state index in [2.05, 4.69) is 23.5 Å². The SMILES string of the molecule is CCCCCC/C=N\Nc1ccc(C#N)cc1. The summed E-state index contributed by atoms with van der Waals surface area (Å²) in [6.45, 7) is 2.21. The van der Waals surface area contributed by atoms with Gasteiger partial charge >= 0.3 is 0 Å². The van der Waals surface area contributed by atoms with E-state index in [0.29, 0.717) is 5.56 Å². The van der Waals surface area contributed by atoms with Crippen LogP contribution in [0.5, 0.6) is 0 Å². The van der Waals surface area contributed by atoms with Crippen molar-refractivity contribution in [2.45, 2.75) is 39.0 Å². The van der Waals surface area contributed by atoms with Crippen molar-refractivity contribution in [2.75, 3.05) is 5.43 Å². The van der Waals surface area contributed by atoms with E-state index in [4.69, 9.17) is 5.26 Å². The molecule has 1 aromatic rings. The van der Waals surface area contributed by atoms with E-state index in [1.54, 1.807) is 12.1 Å². The van der Waals surface area contributed by atoms with Crippen molar-refractivity contribution < 1.29 is 0 Å². The number of hydrogen-bond acceptors (Lipinski definition) is 3. The molecular weight excluding hydrogens is 210 g/mol. The number of anilines is 1. The maximum absolute atomic E-state index is 8.65. The van der Waals surface area contributed by atoms with Crippen molar-refractivity contribution in [3.05, 3.63) is 29.8 Å². The summed E-state index contributed by atoms with van der Waals surface area (Å²) < 4.78 is 0. The third-order valence-electron chi connectivity index (χ3n) is 2.49. The molecule has 0 spiro atoms. The largest absolute Gasteiger partial charge is 0.279 e. The molecule has 0 heterocycles. The van der Waals surface area contributed by atoms with Crippen molar-refractivity contribution in [2.24, 2.45) is 5.10 Å². The van der Waals surface area contributed by atoms with E-state index in [0.717, 1.165) is 12.1 Å². The molecule has 1 aromatic carbocycles. The topological polar surface area (TPSA) is 48.2 Å². The summed E-state index contributed by atoms with van der Waals surface area (Å²) in [5.41, 5.74) is 4.52. The fourth-order valence-corrected chi connectivity index (χ4v) is 1.47. The fourth-order valence-electron chi connectivity index (χ4n) is 1.47. The Morgan fingerprint density at radius 3 is 2.65 bits per heavy atom. The average Bonchev–Trinajstić information content (AvgIpc) is 2.38. The predicted molar refractivity (Wildman–Crippen MR) is 72.0 cm³/mol. The number of rotatable bonds is 7. The Balaban J connectivity index is 2.21. The molecule has 0 amide bonds. The number of hydrazone groups is 1. The lowest BCUT2D eigenvalue weighted by atomic mass is 10.2. The number of nitriles is 1. The highest BCUT2D eigenvalue weighted by Gasteiger charge is 1.90. The third kappa shape index (κ3) is 5.72. The van der Waals surface area contributed by atoms with Crippen LogP contribution in [0.3, 0.4) is 0 Å². The summed E-state index contributed by atoms with van der Waals surface area (Å²) in [6, 6.07) is 9.35. The second-order valence-electron chi connectivity index (χ2n) is 3.96. The summed E-state index contributed by atoms with van der Waals surface area (Å²) in [5, 5.41) is 12.8. The van der Waals surface area contributed by atoms with Gasteiger partial charge in [0.15, 0.2) is 0 Å². The lowest BCUT2D eigenvalue weighted by Gasteiger charge is -1.99. The summed E-state index contributed by atoms with van der Waals surface area (Å²) in [4.78, 5) is 0. The number of hydrogen-bond donors (Lipinski definition) is 1. The average molecular weight is 229 g/mol. The molecule has 0 atom stereocenters. The zero-order valence-corrected chi connectivity index (χ0v) is 10.3. The van der Waals surface area contributed by atoms with E-state index in [1.807, 2.05) is 18.3 Å². The molecule has 0 bridgehead atoms. The zero-order chi connectivity index (χ0) is 12.3. The minimum Gasteiger partial charge on any atom is -0.279 e. The Kier molecular flexibility index (Phi) is 6.50. The first-order valence-corrected chi connectivity index (χ1v) is 6.14. The second-order valence-corrected chi connectivity index (χ2v) is 3.96. The molecule has 0 saturated heterocycles. The van der Waals surface area contributed by atoms with E-state index >= 15 is 0 Å². The van der Waals surface area contributed by atoms with Gasteiger partial charge in [-0.05, 0) is 37.1 Å². The number of nitrogens with zero attached hydrogens (tertiary/aromatic N) is 2. The zero-order valence-electron chi connectivity index (χ0n) is 10.3. The normalized spacial score (nSPS) is 10.4. The maximum Gasteiger partial charge on any atom is 0.0991 e. The van der Waals surface area contributed by atoms with Crippen LogP contribution in [0.15, 0.2) is 29.4 Å². The van der Waals surface area contributed by atoms with E-state index in [9.17, 15) is 0 Å². The number of nitrogens with one attached hydrogen (secondary N) is 1. The van der Waals surface area contributed by atoms with Crippen LogP contribution in [0.25, 0.3) is 0 Å². The standard InChI is InChI=1S/C14H19N3/c1-2-3-4-5-6-11-16-17-14-9-7-13(12-15)8-10-14/h7-11,17H,2-6H2,1H3/b16-11-. The van der Waals surface area contributed by atoms with Crippen molar-refractivity contribution in [1.29, 1.82) is 5.26 Å². The molecule has 0 aliphatic carbocycles. The van der Waals surface area contributed by atoms with Gasteiger partial charge in [-0.1, -0.05) is 26.2 Å². The van der Waals surface area contributed by atoms with Crippen molar-refractivity contribution in [1.82, 2.24) is 0 Å². The van der Waals surface area contributed by atoms with Crippen LogP contribution in [0.1, 0.15) is 44.6 Å². The molecule has 0 aromatic heterocycles. The summed E-state index contributed by atoms with van der Waals surface area (Å²) in [7, 11) is 0. The van der Waals surface area contributed by atoms with Crippen molar-refractivity contribution >= 4 is 11.9 Å². The van der Waals surface area contributed by atoms with Gasteiger partial charge in [-0.3, -0.25) is 5.43 Å². The van der Waals surface area contributed by atoms with Gasteiger partial charge in [0.05, 0.1) is 17.3 Å². The first-order chi connectivity index (χ1) is 8.36. The van der Waals surface area contributed by atoms with Gasteiger partial charge in [-0.15, -0.1) is 0 Å². The highest BCUT2D eigenvalue weighted by molar-refractivity contribution is 5.59. The number of unbranched alkanes of at least 4 members (excludes halogenated alkanes) is 4. The van der Waals surface area contributed by atoms with Crippen LogP contribution in [0.4, 0.5) is 5.69 Å². The van der Waals surface area contributed by atoms with E-state index in [1.165, 1.54) is 25.7 Å². The smallest absolute Gasteiger partial charge is 0.0991 e. The van der Waals surface area contributed by atoms with E-state index in [-0.39, 0.29) is 0 Å². The van der Waals surface area contributed by atoms with Gasteiger partial charge in [0.1, 0.15) is 0 Å². The Morgan fingerprint density at radius 2 is 2.00 bits per heavy atom. The lowest BCUT2D eigenvalue weighted by Crippen LogP contribution is -1.89. The molecule has 0 fully saturated rings. The monoisotopic (exact) mass is 229 g/mol. The van der Waals surface area contributed by atoms with Crippen LogP contribution < -0.4 is 5.43 Å². The highest BCUT2D eigenvalue weighted by Crippen LogP contribution is 2.08. The first-order valence-electron chi connectivity index (χ1n) is 6.14. The minimum absolute atomic E-state index is 0.666. The quantitative estimate of drug-likeness (QED) is 0.437. The Labute approximate surface area is 103 Å². The molecule has 0 aliphatic rings. The van der Waals surface area contributed by atoms with Crippen LogP contribution in [-0.2, 0) is 0 Å². The Bertz CT molecular complexity index is 373. The summed E-state index contributed by atoms with van der Waals surface area (Å²) in [6.07, 6.45) is 7.97.